The smallest absolute Gasteiger partial charge is 0.323 e. The van der Waals surface area contributed by atoms with Crippen molar-refractivity contribution in [1.29, 1.82) is 0 Å². The summed E-state index contributed by atoms with van der Waals surface area (Å²) < 4.78 is 5.44. The van der Waals surface area contributed by atoms with E-state index in [1.165, 1.54) is 12.8 Å². The lowest BCUT2D eigenvalue weighted by Gasteiger charge is -2.26. The summed E-state index contributed by atoms with van der Waals surface area (Å²) in [5, 5.41) is 0. The predicted molar refractivity (Wildman–Crippen MR) is 58.2 cm³/mol. The van der Waals surface area contributed by atoms with Crippen molar-refractivity contribution in [3.8, 4) is 0 Å². The van der Waals surface area contributed by atoms with Gasteiger partial charge >= 0.3 is 5.97 Å². The van der Waals surface area contributed by atoms with Crippen LogP contribution in [0.25, 0.3) is 0 Å². The third-order valence-electron chi connectivity index (χ3n) is 3.65. The van der Waals surface area contributed by atoms with Crippen LogP contribution in [0.1, 0.15) is 45.4 Å². The average molecular weight is 211 g/mol. The Bertz CT molecular complexity index is 230. The summed E-state index contributed by atoms with van der Waals surface area (Å²) >= 11 is 0. The van der Waals surface area contributed by atoms with E-state index in [1.54, 1.807) is 0 Å². The van der Waals surface area contributed by atoms with Gasteiger partial charge in [-0.15, -0.1) is 0 Å². The van der Waals surface area contributed by atoms with Crippen LogP contribution < -0.4 is 5.73 Å². The fourth-order valence-corrected chi connectivity index (χ4v) is 2.24. The molecule has 2 aliphatic carbocycles. The Hall–Kier alpha value is -0.570. The molecule has 3 heteroatoms. The number of carbonyl (C=O) groups excluding carboxylic acids is 1. The highest BCUT2D eigenvalue weighted by Gasteiger charge is 2.35. The minimum Gasteiger partial charge on any atom is -0.461 e. The van der Waals surface area contributed by atoms with Crippen molar-refractivity contribution in [2.75, 3.05) is 0 Å². The van der Waals surface area contributed by atoms with E-state index < -0.39 is 0 Å². The van der Waals surface area contributed by atoms with E-state index in [9.17, 15) is 4.79 Å². The summed E-state index contributed by atoms with van der Waals surface area (Å²) in [6.45, 7) is 2.26. The number of ether oxygens (including phenoxy) is 1. The number of hydrogen-bond acceptors (Lipinski definition) is 3. The first-order chi connectivity index (χ1) is 7.16. The van der Waals surface area contributed by atoms with Crippen LogP contribution in [-0.2, 0) is 9.53 Å². The molecule has 0 radical (unpaired) electrons. The van der Waals surface area contributed by atoms with Crippen molar-refractivity contribution in [1.82, 2.24) is 0 Å². The minimum atomic E-state index is -0.357. The summed E-state index contributed by atoms with van der Waals surface area (Å²) in [5.74, 6) is 1.02. The van der Waals surface area contributed by atoms with Gasteiger partial charge < -0.3 is 10.5 Å². The Morgan fingerprint density at radius 3 is 2.33 bits per heavy atom. The van der Waals surface area contributed by atoms with Crippen LogP contribution in [0.15, 0.2) is 0 Å². The summed E-state index contributed by atoms with van der Waals surface area (Å²) in [4.78, 5) is 11.6. The van der Waals surface area contributed by atoms with Gasteiger partial charge in [-0.3, -0.25) is 4.79 Å². The van der Waals surface area contributed by atoms with Crippen molar-refractivity contribution < 1.29 is 9.53 Å². The van der Waals surface area contributed by atoms with E-state index in [0.29, 0.717) is 5.92 Å². The molecule has 2 aliphatic rings. The first-order valence-corrected chi connectivity index (χ1v) is 6.13. The fourth-order valence-electron chi connectivity index (χ4n) is 2.24. The minimum absolute atomic E-state index is 0.137. The Morgan fingerprint density at radius 1 is 1.20 bits per heavy atom. The van der Waals surface area contributed by atoms with Crippen LogP contribution in [0.4, 0.5) is 0 Å². The molecule has 0 saturated heterocycles. The molecule has 2 saturated carbocycles. The van der Waals surface area contributed by atoms with Crippen LogP contribution in [0, 0.1) is 11.8 Å². The van der Waals surface area contributed by atoms with Crippen molar-refractivity contribution in [3.05, 3.63) is 0 Å². The molecule has 2 N–H and O–H groups in total. The maximum atomic E-state index is 11.6. The number of esters is 1. The van der Waals surface area contributed by atoms with Crippen LogP contribution in [0.5, 0.6) is 0 Å². The Labute approximate surface area is 91.4 Å². The molecule has 0 aromatic carbocycles. The van der Waals surface area contributed by atoms with Gasteiger partial charge in [0.05, 0.1) is 0 Å². The maximum Gasteiger partial charge on any atom is 0.323 e. The largest absolute Gasteiger partial charge is 0.461 e. The molecule has 2 fully saturated rings. The second kappa shape index (κ2) is 4.52. The molecule has 2 rings (SSSR count). The number of nitrogens with two attached hydrogens (primary N) is 1. The molecule has 0 aromatic heterocycles. The van der Waals surface area contributed by atoms with Crippen molar-refractivity contribution in [2.45, 2.75) is 57.6 Å². The molecule has 0 heterocycles. The van der Waals surface area contributed by atoms with Gasteiger partial charge in [-0.25, -0.2) is 0 Å². The van der Waals surface area contributed by atoms with Crippen molar-refractivity contribution in [2.24, 2.45) is 17.6 Å². The lowest BCUT2D eigenvalue weighted by molar-refractivity contribution is -0.153. The topological polar surface area (TPSA) is 52.3 Å². The van der Waals surface area contributed by atoms with Gasteiger partial charge in [-0.1, -0.05) is 6.92 Å². The second-order valence-electron chi connectivity index (χ2n) is 5.18. The molecular weight excluding hydrogens is 190 g/mol. The molecule has 0 bridgehead atoms. The van der Waals surface area contributed by atoms with E-state index in [-0.39, 0.29) is 18.1 Å². The van der Waals surface area contributed by atoms with Crippen molar-refractivity contribution >= 4 is 5.97 Å². The van der Waals surface area contributed by atoms with Gasteiger partial charge in [0, 0.05) is 0 Å². The van der Waals surface area contributed by atoms with Gasteiger partial charge in [0.15, 0.2) is 0 Å². The number of rotatable bonds is 3. The SMILES string of the molecule is CC1CCC(OC(=O)C(N)C2CC2)CC1. The van der Waals surface area contributed by atoms with Crippen molar-refractivity contribution in [3.63, 3.8) is 0 Å². The average Bonchev–Trinajstić information content (AvgIpc) is 3.04. The first kappa shape index (κ1) is 10.9. The third kappa shape index (κ3) is 2.94. The quantitative estimate of drug-likeness (QED) is 0.725. The highest BCUT2D eigenvalue weighted by molar-refractivity contribution is 5.76. The van der Waals surface area contributed by atoms with E-state index in [0.717, 1.165) is 31.6 Å². The molecule has 86 valence electrons. The highest BCUT2D eigenvalue weighted by Crippen LogP contribution is 2.33. The second-order valence-corrected chi connectivity index (χ2v) is 5.18. The summed E-state index contributed by atoms with van der Waals surface area (Å²) in [6, 6.07) is -0.357. The van der Waals surface area contributed by atoms with E-state index in [4.69, 9.17) is 10.5 Å². The molecule has 1 atom stereocenters. The zero-order valence-corrected chi connectivity index (χ0v) is 9.45. The molecule has 0 aromatic rings. The Balaban J connectivity index is 1.73. The van der Waals surface area contributed by atoms with E-state index >= 15 is 0 Å². The van der Waals surface area contributed by atoms with E-state index in [2.05, 4.69) is 6.92 Å². The Kier molecular flexibility index (Phi) is 3.29. The highest BCUT2D eigenvalue weighted by atomic mass is 16.5. The van der Waals surface area contributed by atoms with Gasteiger partial charge in [0.2, 0.25) is 0 Å². The van der Waals surface area contributed by atoms with Crippen LogP contribution in [0.3, 0.4) is 0 Å². The van der Waals surface area contributed by atoms with Gasteiger partial charge in [-0.2, -0.15) is 0 Å². The lowest BCUT2D eigenvalue weighted by Crippen LogP contribution is -2.37. The predicted octanol–water partition coefficient (Wildman–Crippen LogP) is 1.85. The van der Waals surface area contributed by atoms with Crippen LogP contribution >= 0.6 is 0 Å². The molecule has 0 amide bonds. The molecule has 0 spiro atoms. The standard InChI is InChI=1S/C12H21NO2/c1-8-2-6-10(7-3-8)15-12(14)11(13)9-4-5-9/h8-11H,2-7,13H2,1H3. The maximum absolute atomic E-state index is 11.6. The van der Waals surface area contributed by atoms with E-state index in [1.807, 2.05) is 0 Å². The molecule has 1 unspecified atom stereocenters. The molecule has 3 nitrogen and oxygen atoms in total. The zero-order chi connectivity index (χ0) is 10.8. The zero-order valence-electron chi connectivity index (χ0n) is 9.45. The summed E-state index contributed by atoms with van der Waals surface area (Å²) in [6.07, 6.45) is 6.72. The van der Waals surface area contributed by atoms with Crippen LogP contribution in [-0.4, -0.2) is 18.1 Å². The normalized spacial score (nSPS) is 33.5. The Morgan fingerprint density at radius 2 is 1.80 bits per heavy atom. The van der Waals surface area contributed by atoms with Gasteiger partial charge in [0.1, 0.15) is 12.1 Å². The monoisotopic (exact) mass is 211 g/mol. The van der Waals surface area contributed by atoms with Gasteiger partial charge in [0.25, 0.3) is 0 Å². The van der Waals surface area contributed by atoms with Gasteiger partial charge in [-0.05, 0) is 50.4 Å². The molecule has 15 heavy (non-hydrogen) atoms. The molecular formula is C12H21NO2. The lowest BCUT2D eigenvalue weighted by atomic mass is 9.89. The van der Waals surface area contributed by atoms with Crippen LogP contribution in [0.2, 0.25) is 0 Å². The third-order valence-corrected chi connectivity index (χ3v) is 3.65. The number of hydrogen-bond donors (Lipinski definition) is 1. The molecule has 0 aliphatic heterocycles. The number of carbonyl (C=O) groups is 1. The summed E-state index contributed by atoms with van der Waals surface area (Å²) in [5.41, 5.74) is 5.79. The fraction of sp³-hybridized carbons (Fsp3) is 0.917. The first-order valence-electron chi connectivity index (χ1n) is 6.13. The summed E-state index contributed by atoms with van der Waals surface area (Å²) in [7, 11) is 0.